The molecule has 2 N–H and O–H groups in total. The standard InChI is InChI=1S/C15H18N2O2/c1-9-2-4-10(5-3-9)16-11-6-7-12-13(8-11)15(19)17-14(12)18/h6-10,16H,2-5H2,1H3,(H,17,18,19). The Morgan fingerprint density at radius 3 is 2.47 bits per heavy atom. The van der Waals surface area contributed by atoms with Crippen LogP contribution in [-0.4, -0.2) is 17.9 Å². The molecule has 1 saturated carbocycles. The van der Waals surface area contributed by atoms with Crippen molar-refractivity contribution in [3.8, 4) is 0 Å². The average molecular weight is 258 g/mol. The first-order chi connectivity index (χ1) is 9.13. The van der Waals surface area contributed by atoms with Gasteiger partial charge in [0, 0.05) is 11.7 Å². The number of hydrogen-bond acceptors (Lipinski definition) is 3. The highest BCUT2D eigenvalue weighted by Crippen LogP contribution is 2.27. The lowest BCUT2D eigenvalue weighted by atomic mass is 9.87. The highest BCUT2D eigenvalue weighted by Gasteiger charge is 2.27. The molecule has 0 aromatic heterocycles. The lowest BCUT2D eigenvalue weighted by Gasteiger charge is -2.27. The third-order valence-corrected chi connectivity index (χ3v) is 4.12. The zero-order valence-corrected chi connectivity index (χ0v) is 11.0. The third kappa shape index (κ3) is 2.35. The number of imide groups is 1. The van der Waals surface area contributed by atoms with Crippen molar-refractivity contribution < 1.29 is 9.59 Å². The monoisotopic (exact) mass is 258 g/mol. The molecule has 0 unspecified atom stereocenters. The van der Waals surface area contributed by atoms with Gasteiger partial charge in [-0.15, -0.1) is 0 Å². The maximum Gasteiger partial charge on any atom is 0.259 e. The van der Waals surface area contributed by atoms with Gasteiger partial charge < -0.3 is 5.32 Å². The number of nitrogens with one attached hydrogen (secondary N) is 2. The van der Waals surface area contributed by atoms with Gasteiger partial charge in [-0.2, -0.15) is 0 Å². The third-order valence-electron chi connectivity index (χ3n) is 4.12. The summed E-state index contributed by atoms with van der Waals surface area (Å²) in [6, 6.07) is 5.88. The lowest BCUT2D eigenvalue weighted by molar-refractivity contribution is 0.0879. The van der Waals surface area contributed by atoms with E-state index >= 15 is 0 Å². The van der Waals surface area contributed by atoms with Crippen molar-refractivity contribution in [3.63, 3.8) is 0 Å². The van der Waals surface area contributed by atoms with Gasteiger partial charge in [0.25, 0.3) is 11.8 Å². The van der Waals surface area contributed by atoms with Gasteiger partial charge in [-0.1, -0.05) is 6.92 Å². The van der Waals surface area contributed by atoms with Gasteiger partial charge in [0.1, 0.15) is 0 Å². The summed E-state index contributed by atoms with van der Waals surface area (Å²) in [5.74, 6) is 0.237. The molecule has 19 heavy (non-hydrogen) atoms. The molecule has 0 bridgehead atoms. The van der Waals surface area contributed by atoms with E-state index in [2.05, 4.69) is 17.6 Å². The topological polar surface area (TPSA) is 58.2 Å². The van der Waals surface area contributed by atoms with Crippen LogP contribution < -0.4 is 10.6 Å². The molecule has 2 amide bonds. The molecular formula is C15H18N2O2. The molecular weight excluding hydrogens is 240 g/mol. The summed E-state index contributed by atoms with van der Waals surface area (Å²) in [4.78, 5) is 23.1. The van der Waals surface area contributed by atoms with Crippen LogP contribution >= 0.6 is 0 Å². The zero-order valence-electron chi connectivity index (χ0n) is 11.0. The molecule has 2 aliphatic rings. The minimum absolute atomic E-state index is 0.291. The van der Waals surface area contributed by atoms with Gasteiger partial charge in [0.05, 0.1) is 11.1 Å². The van der Waals surface area contributed by atoms with E-state index in [0.717, 1.165) is 11.6 Å². The van der Waals surface area contributed by atoms with E-state index in [1.165, 1.54) is 25.7 Å². The Bertz CT molecular complexity index is 531. The maximum absolute atomic E-state index is 11.6. The van der Waals surface area contributed by atoms with E-state index in [1.54, 1.807) is 12.1 Å². The van der Waals surface area contributed by atoms with Crippen LogP contribution in [0.15, 0.2) is 18.2 Å². The summed E-state index contributed by atoms with van der Waals surface area (Å²) in [7, 11) is 0. The molecule has 0 atom stereocenters. The van der Waals surface area contributed by atoms with E-state index in [0.29, 0.717) is 17.2 Å². The van der Waals surface area contributed by atoms with Crippen molar-refractivity contribution in [1.82, 2.24) is 5.32 Å². The van der Waals surface area contributed by atoms with Crippen LogP contribution in [0.1, 0.15) is 53.3 Å². The maximum atomic E-state index is 11.6. The van der Waals surface area contributed by atoms with Gasteiger partial charge in [-0.05, 0) is 49.8 Å². The largest absolute Gasteiger partial charge is 0.382 e. The summed E-state index contributed by atoms with van der Waals surface area (Å²) in [5.41, 5.74) is 1.90. The predicted molar refractivity (Wildman–Crippen MR) is 73.3 cm³/mol. The number of anilines is 1. The number of rotatable bonds is 2. The van der Waals surface area contributed by atoms with Crippen molar-refractivity contribution in [2.45, 2.75) is 38.6 Å². The molecule has 0 radical (unpaired) electrons. The Morgan fingerprint density at radius 1 is 1.05 bits per heavy atom. The molecule has 4 nitrogen and oxygen atoms in total. The predicted octanol–water partition coefficient (Wildman–Crippen LogP) is 2.56. The van der Waals surface area contributed by atoms with Crippen molar-refractivity contribution in [1.29, 1.82) is 0 Å². The van der Waals surface area contributed by atoms with Crippen molar-refractivity contribution in [2.75, 3.05) is 5.32 Å². The van der Waals surface area contributed by atoms with Gasteiger partial charge >= 0.3 is 0 Å². The molecule has 1 fully saturated rings. The SMILES string of the molecule is CC1CCC(Nc2ccc3c(c2)C(=O)NC3=O)CC1. The smallest absolute Gasteiger partial charge is 0.259 e. The minimum Gasteiger partial charge on any atom is -0.382 e. The highest BCUT2D eigenvalue weighted by molar-refractivity contribution is 6.21. The van der Waals surface area contributed by atoms with E-state index < -0.39 is 0 Å². The normalized spacial score (nSPS) is 25.9. The molecule has 1 aromatic rings. The molecule has 1 aliphatic heterocycles. The zero-order chi connectivity index (χ0) is 13.4. The molecule has 1 heterocycles. The fourth-order valence-electron chi connectivity index (χ4n) is 2.90. The Hall–Kier alpha value is -1.84. The summed E-state index contributed by atoms with van der Waals surface area (Å²) in [6.07, 6.45) is 4.84. The summed E-state index contributed by atoms with van der Waals surface area (Å²) in [5, 5.41) is 5.79. The number of carbonyl (C=O) groups excluding carboxylic acids is 2. The second-order valence-corrected chi connectivity index (χ2v) is 5.64. The van der Waals surface area contributed by atoms with Crippen LogP contribution in [0, 0.1) is 5.92 Å². The van der Waals surface area contributed by atoms with Crippen LogP contribution in [0.4, 0.5) is 5.69 Å². The molecule has 0 saturated heterocycles. The van der Waals surface area contributed by atoms with Crippen LogP contribution in [0.25, 0.3) is 0 Å². The second-order valence-electron chi connectivity index (χ2n) is 5.64. The highest BCUT2D eigenvalue weighted by atomic mass is 16.2. The first-order valence-corrected chi connectivity index (χ1v) is 6.90. The van der Waals surface area contributed by atoms with Crippen LogP contribution in [0.2, 0.25) is 0 Å². The van der Waals surface area contributed by atoms with E-state index in [4.69, 9.17) is 0 Å². The summed E-state index contributed by atoms with van der Waals surface area (Å²) in [6.45, 7) is 2.29. The van der Waals surface area contributed by atoms with Gasteiger partial charge in [0.15, 0.2) is 0 Å². The van der Waals surface area contributed by atoms with Crippen LogP contribution in [-0.2, 0) is 0 Å². The number of hydrogen-bond donors (Lipinski definition) is 2. The van der Waals surface area contributed by atoms with Gasteiger partial charge in [-0.25, -0.2) is 0 Å². The van der Waals surface area contributed by atoms with Crippen LogP contribution in [0.5, 0.6) is 0 Å². The number of amides is 2. The Morgan fingerprint density at radius 2 is 1.74 bits per heavy atom. The molecule has 0 spiro atoms. The molecule has 100 valence electrons. The quantitative estimate of drug-likeness (QED) is 0.801. The molecule has 1 aliphatic carbocycles. The van der Waals surface area contributed by atoms with Crippen LogP contribution in [0.3, 0.4) is 0 Å². The molecule has 4 heteroatoms. The number of carbonyl (C=O) groups is 2. The van der Waals surface area contributed by atoms with Gasteiger partial charge in [-0.3, -0.25) is 14.9 Å². The molecule has 1 aromatic carbocycles. The summed E-state index contributed by atoms with van der Waals surface area (Å²) >= 11 is 0. The minimum atomic E-state index is -0.293. The van der Waals surface area contributed by atoms with Crippen molar-refractivity contribution >= 4 is 17.5 Å². The number of benzene rings is 1. The molecule has 3 rings (SSSR count). The lowest BCUT2D eigenvalue weighted by Crippen LogP contribution is -2.25. The number of fused-ring (bicyclic) bond motifs is 1. The first kappa shape index (κ1) is 12.2. The van der Waals surface area contributed by atoms with E-state index in [-0.39, 0.29) is 11.8 Å². The average Bonchev–Trinajstić information content (AvgIpc) is 2.68. The van der Waals surface area contributed by atoms with E-state index in [9.17, 15) is 9.59 Å². The Kier molecular flexibility index (Phi) is 3.01. The summed E-state index contributed by atoms with van der Waals surface area (Å²) < 4.78 is 0. The van der Waals surface area contributed by atoms with E-state index in [1.807, 2.05) is 6.07 Å². The fourth-order valence-corrected chi connectivity index (χ4v) is 2.90. The van der Waals surface area contributed by atoms with Crippen molar-refractivity contribution in [3.05, 3.63) is 29.3 Å². The fraction of sp³-hybridized carbons (Fsp3) is 0.467. The Balaban J connectivity index is 1.75. The Labute approximate surface area is 112 Å². The first-order valence-electron chi connectivity index (χ1n) is 6.90. The second kappa shape index (κ2) is 4.68. The van der Waals surface area contributed by atoms with Gasteiger partial charge in [0.2, 0.25) is 0 Å². The van der Waals surface area contributed by atoms with Crippen molar-refractivity contribution in [2.24, 2.45) is 5.92 Å².